The minimum atomic E-state index is -0.538. The number of methoxy groups -OCH3 is 2. The molecule has 0 aliphatic rings. The number of benzene rings is 2. The molecule has 0 fully saturated rings. The van der Waals surface area contributed by atoms with Gasteiger partial charge in [0.1, 0.15) is 24.8 Å². The molecule has 0 aliphatic heterocycles. The molecular formula is C19H19FN4O5. The minimum absolute atomic E-state index is 0.0352. The molecule has 2 aromatic carbocycles. The summed E-state index contributed by atoms with van der Waals surface area (Å²) in [5.74, 6) is 1.04. The monoisotopic (exact) mass is 402 g/mol. The van der Waals surface area contributed by atoms with Crippen LogP contribution in [0.15, 0.2) is 42.5 Å². The predicted octanol–water partition coefficient (Wildman–Crippen LogP) is 2.12. The molecule has 0 N–H and O–H groups in total. The molecule has 10 heteroatoms. The van der Waals surface area contributed by atoms with E-state index in [9.17, 15) is 9.18 Å². The van der Waals surface area contributed by atoms with Gasteiger partial charge in [-0.3, -0.25) is 0 Å². The number of carbonyl (C=O) groups excluding carboxylic acids is 1. The van der Waals surface area contributed by atoms with Gasteiger partial charge >= 0.3 is 5.97 Å². The highest BCUT2D eigenvalue weighted by Gasteiger charge is 2.13. The molecule has 0 bridgehead atoms. The van der Waals surface area contributed by atoms with Crippen molar-refractivity contribution >= 4 is 5.97 Å². The normalized spacial score (nSPS) is 10.4. The van der Waals surface area contributed by atoms with Crippen molar-refractivity contribution in [3.8, 4) is 28.6 Å². The summed E-state index contributed by atoms with van der Waals surface area (Å²) in [6.07, 6.45) is 0. The number of hydrogen-bond donors (Lipinski definition) is 0. The maximum atomic E-state index is 12.8. The number of aromatic nitrogens is 4. The first kappa shape index (κ1) is 20.1. The molecule has 0 saturated heterocycles. The van der Waals surface area contributed by atoms with Gasteiger partial charge in [-0.15, -0.1) is 10.2 Å². The summed E-state index contributed by atoms with van der Waals surface area (Å²) in [5.41, 5.74) is 0.662. The molecule has 0 radical (unpaired) electrons. The third-order valence-corrected chi connectivity index (χ3v) is 3.79. The van der Waals surface area contributed by atoms with Crippen LogP contribution in [0.4, 0.5) is 4.39 Å². The molecule has 0 saturated carbocycles. The standard InChI is InChI=1S/C19H19FN4O5/c1-26-16-8-3-13(11-17(16)27-2)19-21-23-24(22-19)12-18(25)29-10-9-28-15-6-4-14(20)5-7-15/h3-8,11H,9-10,12H2,1-2H3. The van der Waals surface area contributed by atoms with E-state index in [2.05, 4.69) is 15.4 Å². The number of halogens is 1. The summed E-state index contributed by atoms with van der Waals surface area (Å²) < 4.78 is 33.7. The molecule has 29 heavy (non-hydrogen) atoms. The lowest BCUT2D eigenvalue weighted by Gasteiger charge is -2.07. The fourth-order valence-corrected chi connectivity index (χ4v) is 2.41. The first-order chi connectivity index (χ1) is 14.1. The van der Waals surface area contributed by atoms with Gasteiger partial charge in [0.05, 0.1) is 14.2 Å². The van der Waals surface area contributed by atoms with Gasteiger partial charge in [-0.1, -0.05) is 0 Å². The molecule has 3 aromatic rings. The van der Waals surface area contributed by atoms with Crippen LogP contribution in [0.1, 0.15) is 0 Å². The third kappa shape index (κ3) is 5.41. The van der Waals surface area contributed by atoms with E-state index in [0.717, 1.165) is 4.80 Å². The van der Waals surface area contributed by atoms with Crippen LogP contribution in [0.25, 0.3) is 11.4 Å². The van der Waals surface area contributed by atoms with Gasteiger partial charge in [0.2, 0.25) is 5.82 Å². The van der Waals surface area contributed by atoms with Crippen molar-refractivity contribution in [2.24, 2.45) is 0 Å². The number of esters is 1. The predicted molar refractivity (Wildman–Crippen MR) is 99.2 cm³/mol. The van der Waals surface area contributed by atoms with Crippen LogP contribution in [0.5, 0.6) is 17.2 Å². The topological polar surface area (TPSA) is 97.6 Å². The third-order valence-electron chi connectivity index (χ3n) is 3.79. The Morgan fingerprint density at radius 1 is 1.03 bits per heavy atom. The van der Waals surface area contributed by atoms with E-state index in [4.69, 9.17) is 18.9 Å². The Balaban J connectivity index is 1.49. The van der Waals surface area contributed by atoms with Crippen LogP contribution in [0, 0.1) is 5.82 Å². The SMILES string of the molecule is COc1ccc(-c2nnn(CC(=O)OCCOc3ccc(F)cc3)n2)cc1OC. The van der Waals surface area contributed by atoms with Crippen LogP contribution in [0.3, 0.4) is 0 Å². The fraction of sp³-hybridized carbons (Fsp3) is 0.263. The second kappa shape index (κ2) is 9.49. The Hall–Kier alpha value is -3.69. The van der Waals surface area contributed by atoms with Crippen molar-refractivity contribution in [1.82, 2.24) is 20.2 Å². The zero-order valence-electron chi connectivity index (χ0n) is 15.9. The zero-order chi connectivity index (χ0) is 20.6. The second-order valence-corrected chi connectivity index (χ2v) is 5.74. The molecular weight excluding hydrogens is 383 g/mol. The first-order valence-corrected chi connectivity index (χ1v) is 8.63. The smallest absolute Gasteiger partial charge is 0.329 e. The Morgan fingerprint density at radius 3 is 2.52 bits per heavy atom. The molecule has 0 aliphatic carbocycles. The summed E-state index contributed by atoms with van der Waals surface area (Å²) in [4.78, 5) is 13.0. The van der Waals surface area contributed by atoms with E-state index in [1.165, 1.54) is 31.4 Å². The van der Waals surface area contributed by atoms with Crippen LogP contribution >= 0.6 is 0 Å². The van der Waals surface area contributed by atoms with Crippen molar-refractivity contribution in [1.29, 1.82) is 0 Å². The molecule has 0 spiro atoms. The lowest BCUT2D eigenvalue weighted by molar-refractivity contribution is -0.145. The summed E-state index contributed by atoms with van der Waals surface area (Å²) in [6, 6.07) is 10.8. The van der Waals surface area contributed by atoms with Gasteiger partial charge in [-0.25, -0.2) is 9.18 Å². The van der Waals surface area contributed by atoms with Gasteiger partial charge in [-0.05, 0) is 47.7 Å². The Bertz CT molecular complexity index is 961. The van der Waals surface area contributed by atoms with Gasteiger partial charge in [-0.2, -0.15) is 4.80 Å². The molecule has 0 atom stereocenters. The lowest BCUT2D eigenvalue weighted by atomic mass is 10.2. The summed E-state index contributed by atoms with van der Waals surface area (Å²) >= 11 is 0. The fourth-order valence-electron chi connectivity index (χ4n) is 2.41. The summed E-state index contributed by atoms with van der Waals surface area (Å²) in [5, 5.41) is 12.0. The Kier molecular flexibility index (Phi) is 6.56. The quantitative estimate of drug-likeness (QED) is 0.397. The zero-order valence-corrected chi connectivity index (χ0v) is 15.9. The molecule has 0 unspecified atom stereocenters. The maximum absolute atomic E-state index is 12.8. The van der Waals surface area contributed by atoms with Crippen LogP contribution < -0.4 is 14.2 Å². The highest BCUT2D eigenvalue weighted by Crippen LogP contribution is 2.30. The summed E-state index contributed by atoms with van der Waals surface area (Å²) in [7, 11) is 3.07. The highest BCUT2D eigenvalue weighted by molar-refractivity contribution is 5.69. The van der Waals surface area contributed by atoms with E-state index in [1.807, 2.05) is 0 Å². The summed E-state index contributed by atoms with van der Waals surface area (Å²) in [6.45, 7) is -0.0245. The largest absolute Gasteiger partial charge is 0.493 e. The average Bonchev–Trinajstić information content (AvgIpc) is 3.20. The van der Waals surface area contributed by atoms with Crippen LogP contribution in [-0.2, 0) is 16.1 Å². The second-order valence-electron chi connectivity index (χ2n) is 5.74. The van der Waals surface area contributed by atoms with E-state index < -0.39 is 5.97 Å². The van der Waals surface area contributed by atoms with Crippen LogP contribution in [-0.4, -0.2) is 53.6 Å². The minimum Gasteiger partial charge on any atom is -0.493 e. The first-order valence-electron chi connectivity index (χ1n) is 8.63. The van der Waals surface area contributed by atoms with E-state index in [0.29, 0.717) is 28.6 Å². The average molecular weight is 402 g/mol. The van der Waals surface area contributed by atoms with Crippen molar-refractivity contribution in [2.75, 3.05) is 27.4 Å². The van der Waals surface area contributed by atoms with Crippen molar-refractivity contribution in [3.05, 3.63) is 48.3 Å². The lowest BCUT2D eigenvalue weighted by Crippen LogP contribution is -2.18. The molecule has 0 amide bonds. The molecule has 9 nitrogen and oxygen atoms in total. The van der Waals surface area contributed by atoms with Crippen molar-refractivity contribution in [2.45, 2.75) is 6.54 Å². The number of ether oxygens (including phenoxy) is 4. The molecule has 152 valence electrons. The van der Waals surface area contributed by atoms with E-state index in [-0.39, 0.29) is 25.6 Å². The molecule has 1 heterocycles. The van der Waals surface area contributed by atoms with Crippen molar-refractivity contribution in [3.63, 3.8) is 0 Å². The van der Waals surface area contributed by atoms with E-state index >= 15 is 0 Å². The highest BCUT2D eigenvalue weighted by atomic mass is 19.1. The number of nitrogens with zero attached hydrogens (tertiary/aromatic N) is 4. The maximum Gasteiger partial charge on any atom is 0.329 e. The van der Waals surface area contributed by atoms with Crippen molar-refractivity contribution < 1.29 is 28.1 Å². The Labute approximate surface area is 165 Å². The molecule has 1 aromatic heterocycles. The Morgan fingerprint density at radius 2 is 1.79 bits per heavy atom. The van der Waals surface area contributed by atoms with Gasteiger partial charge in [0.25, 0.3) is 0 Å². The van der Waals surface area contributed by atoms with E-state index in [1.54, 1.807) is 25.3 Å². The number of tetrazole rings is 1. The van der Waals surface area contributed by atoms with Gasteiger partial charge in [0.15, 0.2) is 18.0 Å². The number of rotatable bonds is 9. The van der Waals surface area contributed by atoms with Crippen LogP contribution in [0.2, 0.25) is 0 Å². The van der Waals surface area contributed by atoms with Gasteiger partial charge in [0, 0.05) is 5.56 Å². The van der Waals surface area contributed by atoms with Gasteiger partial charge < -0.3 is 18.9 Å². The number of hydrogen-bond acceptors (Lipinski definition) is 8. The molecule has 3 rings (SSSR count). The number of carbonyl (C=O) groups is 1.